The molecule has 0 spiro atoms. The number of nitrogens with one attached hydrogen (secondary N) is 2. The summed E-state index contributed by atoms with van der Waals surface area (Å²) in [5.74, 6) is 0.179. The first-order valence-corrected chi connectivity index (χ1v) is 11.3. The van der Waals surface area contributed by atoms with E-state index in [4.69, 9.17) is 0 Å². The highest BCUT2D eigenvalue weighted by Gasteiger charge is 2.49. The fraction of sp³-hybridized carbons (Fsp3) is 0.600. The van der Waals surface area contributed by atoms with Crippen LogP contribution in [0.15, 0.2) is 29.2 Å². The summed E-state index contributed by atoms with van der Waals surface area (Å²) in [7, 11) is -3.56. The second-order valence-electron chi connectivity index (χ2n) is 8.37. The van der Waals surface area contributed by atoms with Crippen molar-refractivity contribution in [2.45, 2.75) is 56.9 Å². The molecule has 1 aromatic carbocycles. The van der Waals surface area contributed by atoms with Gasteiger partial charge in [0.05, 0.1) is 4.90 Å². The lowest BCUT2D eigenvalue weighted by Gasteiger charge is -2.38. The lowest BCUT2D eigenvalue weighted by molar-refractivity contribution is -0.125. The average molecular weight is 408 g/mol. The van der Waals surface area contributed by atoms with E-state index in [2.05, 4.69) is 24.5 Å². The lowest BCUT2D eigenvalue weighted by Crippen LogP contribution is -2.54. The summed E-state index contributed by atoms with van der Waals surface area (Å²) in [5.41, 5.74) is 0.174. The molecule has 0 aromatic heterocycles. The summed E-state index contributed by atoms with van der Waals surface area (Å²) in [4.78, 5) is 23.9. The van der Waals surface area contributed by atoms with Gasteiger partial charge in [0, 0.05) is 13.1 Å². The lowest BCUT2D eigenvalue weighted by atomic mass is 9.79. The van der Waals surface area contributed by atoms with Gasteiger partial charge in [-0.2, -0.15) is 4.31 Å². The standard InChI is InChI=1S/C20H29N3O4S/c1-14(2)4-5-15-6-8-17(9-7-15)28(26,27)23-12-10-16(11-13-23)20(3)18(24)21-19(25)22-20/h6-9,14,16H,4-5,10-13H2,1-3H3,(H2,21,22,24,25). The van der Waals surface area contributed by atoms with Gasteiger partial charge in [-0.3, -0.25) is 10.1 Å². The Labute approximate surface area is 166 Å². The van der Waals surface area contributed by atoms with Gasteiger partial charge in [0.1, 0.15) is 5.54 Å². The van der Waals surface area contributed by atoms with Crippen LogP contribution >= 0.6 is 0 Å². The molecule has 1 atom stereocenters. The molecular weight excluding hydrogens is 378 g/mol. The molecule has 28 heavy (non-hydrogen) atoms. The van der Waals surface area contributed by atoms with Crippen LogP contribution in [0.1, 0.15) is 45.6 Å². The van der Waals surface area contributed by atoms with Crippen molar-refractivity contribution < 1.29 is 18.0 Å². The first-order valence-electron chi connectivity index (χ1n) is 9.85. The number of rotatable bonds is 6. The maximum atomic E-state index is 13.0. The molecule has 2 aliphatic heterocycles. The third-order valence-electron chi connectivity index (χ3n) is 5.91. The first kappa shape index (κ1) is 20.8. The van der Waals surface area contributed by atoms with Gasteiger partial charge < -0.3 is 5.32 Å². The molecule has 2 aliphatic rings. The molecule has 1 unspecified atom stereocenters. The number of piperidine rings is 1. The molecule has 1 aromatic rings. The number of sulfonamides is 1. The molecule has 3 rings (SSSR count). The highest BCUT2D eigenvalue weighted by Crippen LogP contribution is 2.32. The van der Waals surface area contributed by atoms with Crippen LogP contribution in [0.4, 0.5) is 4.79 Å². The van der Waals surface area contributed by atoms with E-state index < -0.39 is 21.6 Å². The summed E-state index contributed by atoms with van der Waals surface area (Å²) < 4.78 is 27.4. The van der Waals surface area contributed by atoms with Crippen molar-refractivity contribution in [1.29, 1.82) is 0 Å². The van der Waals surface area contributed by atoms with Gasteiger partial charge in [-0.15, -0.1) is 0 Å². The van der Waals surface area contributed by atoms with Gasteiger partial charge in [0.2, 0.25) is 10.0 Å². The minimum atomic E-state index is -3.56. The third-order valence-corrected chi connectivity index (χ3v) is 7.83. The van der Waals surface area contributed by atoms with Gasteiger partial charge >= 0.3 is 6.03 Å². The van der Waals surface area contributed by atoms with Crippen LogP contribution in [0.5, 0.6) is 0 Å². The maximum Gasteiger partial charge on any atom is 0.322 e. The summed E-state index contributed by atoms with van der Waals surface area (Å²) >= 11 is 0. The number of urea groups is 1. The van der Waals surface area contributed by atoms with Gasteiger partial charge in [-0.25, -0.2) is 13.2 Å². The van der Waals surface area contributed by atoms with E-state index in [9.17, 15) is 18.0 Å². The van der Waals surface area contributed by atoms with E-state index >= 15 is 0 Å². The topological polar surface area (TPSA) is 95.6 Å². The van der Waals surface area contributed by atoms with Crippen LogP contribution in [0, 0.1) is 11.8 Å². The van der Waals surface area contributed by atoms with Gasteiger partial charge in [0.15, 0.2) is 0 Å². The number of carbonyl (C=O) groups excluding carboxylic acids is 2. The molecular formula is C20H29N3O4S. The molecule has 2 fully saturated rings. The number of nitrogens with zero attached hydrogens (tertiary/aromatic N) is 1. The summed E-state index contributed by atoms with van der Waals surface area (Å²) in [6.07, 6.45) is 3.06. The number of amides is 3. The minimum Gasteiger partial charge on any atom is -0.323 e. The number of hydrogen-bond donors (Lipinski definition) is 2. The Morgan fingerprint density at radius 2 is 1.75 bits per heavy atom. The quantitative estimate of drug-likeness (QED) is 0.707. The van der Waals surface area contributed by atoms with Crippen molar-refractivity contribution in [2.75, 3.05) is 13.1 Å². The normalized spacial score (nSPS) is 24.4. The summed E-state index contributed by atoms with van der Waals surface area (Å²) in [6.45, 7) is 6.71. The van der Waals surface area contributed by atoms with E-state index in [0.717, 1.165) is 18.4 Å². The number of hydrogen-bond acceptors (Lipinski definition) is 4. The molecule has 0 radical (unpaired) electrons. The Hall–Kier alpha value is -1.93. The van der Waals surface area contributed by atoms with E-state index in [1.54, 1.807) is 19.1 Å². The zero-order valence-electron chi connectivity index (χ0n) is 16.7. The SMILES string of the molecule is CC(C)CCc1ccc(S(=O)(=O)N2CCC(C3(C)NC(=O)NC3=O)CC2)cc1. The molecule has 3 amide bonds. The fourth-order valence-electron chi connectivity index (χ4n) is 3.95. The predicted molar refractivity (Wildman–Crippen MR) is 106 cm³/mol. The third kappa shape index (κ3) is 4.07. The fourth-order valence-corrected chi connectivity index (χ4v) is 5.42. The molecule has 0 saturated carbocycles. The van der Waals surface area contributed by atoms with Crippen LogP contribution in [-0.2, 0) is 21.2 Å². The largest absolute Gasteiger partial charge is 0.323 e. The Morgan fingerprint density at radius 3 is 2.25 bits per heavy atom. The predicted octanol–water partition coefficient (Wildman–Crippen LogP) is 2.27. The molecule has 0 aliphatic carbocycles. The van der Waals surface area contributed by atoms with Crippen LogP contribution in [-0.4, -0.2) is 43.3 Å². The molecule has 2 heterocycles. The van der Waals surface area contributed by atoms with Crippen LogP contribution in [0.2, 0.25) is 0 Å². The average Bonchev–Trinajstić information content (AvgIpc) is 2.93. The number of carbonyl (C=O) groups is 2. The van der Waals surface area contributed by atoms with Gasteiger partial charge in [-0.1, -0.05) is 26.0 Å². The highest BCUT2D eigenvalue weighted by atomic mass is 32.2. The molecule has 8 heteroatoms. The summed E-state index contributed by atoms with van der Waals surface area (Å²) in [6, 6.07) is 6.66. The van der Waals surface area contributed by atoms with Gasteiger partial charge in [-0.05, 0) is 62.1 Å². The Balaban J connectivity index is 1.64. The van der Waals surface area contributed by atoms with E-state index in [-0.39, 0.29) is 11.8 Å². The van der Waals surface area contributed by atoms with Crippen molar-refractivity contribution >= 4 is 22.0 Å². The number of aryl methyl sites for hydroxylation is 1. The van der Waals surface area contributed by atoms with Crippen molar-refractivity contribution in [3.05, 3.63) is 29.8 Å². The summed E-state index contributed by atoms with van der Waals surface area (Å²) in [5, 5.41) is 4.97. The monoisotopic (exact) mass is 407 g/mol. The molecule has 2 saturated heterocycles. The molecule has 7 nitrogen and oxygen atoms in total. The number of imide groups is 1. The Kier molecular flexibility index (Phi) is 5.82. The maximum absolute atomic E-state index is 13.0. The Morgan fingerprint density at radius 1 is 1.14 bits per heavy atom. The second kappa shape index (κ2) is 7.83. The van der Waals surface area contributed by atoms with Gasteiger partial charge in [0.25, 0.3) is 5.91 Å². The molecule has 2 N–H and O–H groups in total. The van der Waals surface area contributed by atoms with E-state index in [1.165, 1.54) is 4.31 Å². The Bertz CT molecular complexity index is 843. The van der Waals surface area contributed by atoms with Crippen molar-refractivity contribution in [2.24, 2.45) is 11.8 Å². The minimum absolute atomic E-state index is 0.0937. The van der Waals surface area contributed by atoms with E-state index in [0.29, 0.717) is 36.7 Å². The molecule has 154 valence electrons. The van der Waals surface area contributed by atoms with Crippen molar-refractivity contribution in [3.63, 3.8) is 0 Å². The highest BCUT2D eigenvalue weighted by molar-refractivity contribution is 7.89. The van der Waals surface area contributed by atoms with Crippen LogP contribution in [0.3, 0.4) is 0 Å². The van der Waals surface area contributed by atoms with Crippen molar-refractivity contribution in [3.8, 4) is 0 Å². The second-order valence-corrected chi connectivity index (χ2v) is 10.3. The van der Waals surface area contributed by atoms with E-state index in [1.807, 2.05) is 12.1 Å². The first-order chi connectivity index (χ1) is 13.1. The zero-order chi connectivity index (χ0) is 20.5. The van der Waals surface area contributed by atoms with Crippen molar-refractivity contribution in [1.82, 2.24) is 14.9 Å². The zero-order valence-corrected chi connectivity index (χ0v) is 17.5. The van der Waals surface area contributed by atoms with Crippen LogP contribution < -0.4 is 10.6 Å². The van der Waals surface area contributed by atoms with Crippen LogP contribution in [0.25, 0.3) is 0 Å². The smallest absolute Gasteiger partial charge is 0.322 e. The number of benzene rings is 1. The molecule has 0 bridgehead atoms.